The summed E-state index contributed by atoms with van der Waals surface area (Å²) in [7, 11) is 1.64. The number of rotatable bonds is 8. The Labute approximate surface area is 169 Å². The van der Waals surface area contributed by atoms with E-state index in [1.54, 1.807) is 19.4 Å². The monoisotopic (exact) mass is 395 g/mol. The Morgan fingerprint density at radius 2 is 1.86 bits per heavy atom. The van der Waals surface area contributed by atoms with Crippen LogP contribution in [0.3, 0.4) is 0 Å². The van der Waals surface area contributed by atoms with Gasteiger partial charge in [0.05, 0.1) is 19.0 Å². The van der Waals surface area contributed by atoms with Gasteiger partial charge in [-0.05, 0) is 47.9 Å². The van der Waals surface area contributed by atoms with Crippen LogP contribution < -0.4 is 15.4 Å². The quantitative estimate of drug-likeness (QED) is 0.596. The first-order chi connectivity index (χ1) is 13.7. The van der Waals surface area contributed by atoms with Crippen LogP contribution in [0, 0.1) is 0 Å². The van der Waals surface area contributed by atoms with Gasteiger partial charge in [-0.2, -0.15) is 0 Å². The minimum absolute atomic E-state index is 0.189. The van der Waals surface area contributed by atoms with Crippen molar-refractivity contribution in [2.45, 2.75) is 13.0 Å². The molecule has 1 heterocycles. The van der Waals surface area contributed by atoms with E-state index in [1.165, 1.54) is 0 Å². The number of methoxy groups -OCH3 is 1. The maximum atomic E-state index is 12.2. The molecule has 0 bridgehead atoms. The van der Waals surface area contributed by atoms with Gasteiger partial charge in [0.2, 0.25) is 0 Å². The number of benzene rings is 2. The van der Waals surface area contributed by atoms with E-state index in [2.05, 4.69) is 15.6 Å². The van der Waals surface area contributed by atoms with Crippen LogP contribution in [-0.2, 0) is 13.0 Å². The summed E-state index contributed by atoms with van der Waals surface area (Å²) in [5.74, 6) is 0.631. The first-order valence-corrected chi connectivity index (χ1v) is 9.38. The van der Waals surface area contributed by atoms with Crippen molar-refractivity contribution in [1.82, 2.24) is 10.3 Å². The zero-order valence-electron chi connectivity index (χ0n) is 15.6. The Balaban J connectivity index is 1.47. The Bertz CT molecular complexity index is 912. The highest BCUT2D eigenvalue weighted by molar-refractivity contribution is 6.31. The molecule has 144 valence electrons. The Kier molecular flexibility index (Phi) is 6.87. The third-order valence-corrected chi connectivity index (χ3v) is 4.66. The number of nitrogens with zero attached hydrogens (tertiary/aromatic N) is 1. The lowest BCUT2D eigenvalue weighted by Gasteiger charge is -2.09. The van der Waals surface area contributed by atoms with E-state index in [-0.39, 0.29) is 5.91 Å². The average Bonchev–Trinajstić information content (AvgIpc) is 2.74. The lowest BCUT2D eigenvalue weighted by atomic mass is 10.1. The van der Waals surface area contributed by atoms with Gasteiger partial charge in [-0.1, -0.05) is 41.9 Å². The van der Waals surface area contributed by atoms with Gasteiger partial charge in [-0.3, -0.25) is 4.79 Å². The summed E-state index contributed by atoms with van der Waals surface area (Å²) in [5.41, 5.74) is 3.35. The standard InChI is InChI=1S/C22H22ClN3O2/c1-28-19-9-6-16(7-10-19)12-13-24-22(27)21-11-8-18(15-26-21)25-14-17-4-2-3-5-20(17)23/h2-11,15,25H,12-14H2,1H3,(H,24,27). The minimum atomic E-state index is -0.189. The lowest BCUT2D eigenvalue weighted by molar-refractivity contribution is 0.0949. The second kappa shape index (κ2) is 9.76. The van der Waals surface area contributed by atoms with Gasteiger partial charge >= 0.3 is 0 Å². The van der Waals surface area contributed by atoms with Crippen LogP contribution in [0.15, 0.2) is 66.9 Å². The first-order valence-electron chi connectivity index (χ1n) is 9.00. The first kappa shape index (κ1) is 19.7. The molecule has 28 heavy (non-hydrogen) atoms. The number of anilines is 1. The van der Waals surface area contributed by atoms with Crippen molar-refractivity contribution in [2.75, 3.05) is 19.0 Å². The van der Waals surface area contributed by atoms with Crippen LogP contribution in [-0.4, -0.2) is 24.5 Å². The highest BCUT2D eigenvalue weighted by atomic mass is 35.5. The van der Waals surface area contributed by atoms with Crippen LogP contribution in [0.5, 0.6) is 5.75 Å². The Morgan fingerprint density at radius 3 is 2.54 bits per heavy atom. The molecule has 0 spiro atoms. The van der Waals surface area contributed by atoms with Crippen molar-refractivity contribution < 1.29 is 9.53 Å². The molecule has 3 aromatic rings. The smallest absolute Gasteiger partial charge is 0.269 e. The molecule has 0 saturated carbocycles. The number of amides is 1. The van der Waals surface area contributed by atoms with Crippen molar-refractivity contribution in [1.29, 1.82) is 0 Å². The summed E-state index contributed by atoms with van der Waals surface area (Å²) in [4.78, 5) is 16.5. The third-order valence-electron chi connectivity index (χ3n) is 4.30. The molecule has 0 aliphatic heterocycles. The van der Waals surface area contributed by atoms with E-state index in [4.69, 9.17) is 16.3 Å². The van der Waals surface area contributed by atoms with Gasteiger partial charge in [0.15, 0.2) is 0 Å². The van der Waals surface area contributed by atoms with Crippen LogP contribution in [0.25, 0.3) is 0 Å². The molecule has 0 unspecified atom stereocenters. The van der Waals surface area contributed by atoms with Crippen molar-refractivity contribution in [2.24, 2.45) is 0 Å². The van der Waals surface area contributed by atoms with Crippen LogP contribution in [0.2, 0.25) is 5.02 Å². The number of halogens is 1. The van der Waals surface area contributed by atoms with E-state index >= 15 is 0 Å². The lowest BCUT2D eigenvalue weighted by Crippen LogP contribution is -2.26. The number of nitrogens with one attached hydrogen (secondary N) is 2. The van der Waals surface area contributed by atoms with Gasteiger partial charge in [-0.15, -0.1) is 0 Å². The number of carbonyl (C=O) groups is 1. The molecule has 0 saturated heterocycles. The van der Waals surface area contributed by atoms with Crippen molar-refractivity contribution in [3.05, 3.63) is 88.7 Å². The van der Waals surface area contributed by atoms with E-state index in [1.807, 2.05) is 54.6 Å². The third kappa shape index (κ3) is 5.47. The molecule has 2 N–H and O–H groups in total. The number of pyridine rings is 1. The second-order valence-corrected chi connectivity index (χ2v) is 6.64. The maximum absolute atomic E-state index is 12.2. The van der Waals surface area contributed by atoms with Gasteiger partial charge in [0.1, 0.15) is 11.4 Å². The molecular formula is C22H22ClN3O2. The van der Waals surface area contributed by atoms with Crippen LogP contribution >= 0.6 is 11.6 Å². The maximum Gasteiger partial charge on any atom is 0.269 e. The summed E-state index contributed by atoms with van der Waals surface area (Å²) in [6.45, 7) is 1.13. The fourth-order valence-corrected chi connectivity index (χ4v) is 2.88. The zero-order chi connectivity index (χ0) is 19.8. The molecule has 0 fully saturated rings. The number of carbonyl (C=O) groups excluding carboxylic acids is 1. The Hall–Kier alpha value is -3.05. The number of hydrogen-bond acceptors (Lipinski definition) is 4. The summed E-state index contributed by atoms with van der Waals surface area (Å²) in [5, 5.41) is 6.86. The normalized spacial score (nSPS) is 10.4. The summed E-state index contributed by atoms with van der Waals surface area (Å²) in [6.07, 6.45) is 2.39. The predicted molar refractivity (Wildman–Crippen MR) is 112 cm³/mol. The van der Waals surface area contributed by atoms with Gasteiger partial charge in [0, 0.05) is 18.1 Å². The fraction of sp³-hybridized carbons (Fsp3) is 0.182. The molecule has 5 nitrogen and oxygen atoms in total. The van der Waals surface area contributed by atoms with Gasteiger partial charge in [-0.25, -0.2) is 4.98 Å². The fourth-order valence-electron chi connectivity index (χ4n) is 2.67. The van der Waals surface area contributed by atoms with E-state index in [0.717, 1.165) is 34.0 Å². The highest BCUT2D eigenvalue weighted by Gasteiger charge is 2.07. The largest absolute Gasteiger partial charge is 0.497 e. The van der Waals surface area contributed by atoms with Gasteiger partial charge in [0.25, 0.3) is 5.91 Å². The molecule has 0 aliphatic rings. The van der Waals surface area contributed by atoms with Crippen molar-refractivity contribution in [3.8, 4) is 5.75 Å². The SMILES string of the molecule is COc1ccc(CCNC(=O)c2ccc(NCc3ccccc3Cl)cn2)cc1. The van der Waals surface area contributed by atoms with Gasteiger partial charge < -0.3 is 15.4 Å². The van der Waals surface area contributed by atoms with E-state index in [0.29, 0.717) is 18.8 Å². The summed E-state index contributed by atoms with van der Waals surface area (Å²) < 4.78 is 5.14. The van der Waals surface area contributed by atoms with Crippen LogP contribution in [0.4, 0.5) is 5.69 Å². The Morgan fingerprint density at radius 1 is 1.07 bits per heavy atom. The van der Waals surface area contributed by atoms with E-state index < -0.39 is 0 Å². The molecule has 1 amide bonds. The summed E-state index contributed by atoms with van der Waals surface area (Å²) in [6, 6.07) is 19.0. The molecule has 0 radical (unpaired) electrons. The van der Waals surface area contributed by atoms with Crippen molar-refractivity contribution in [3.63, 3.8) is 0 Å². The molecule has 6 heteroatoms. The number of ether oxygens (including phenoxy) is 1. The highest BCUT2D eigenvalue weighted by Crippen LogP contribution is 2.17. The number of hydrogen-bond donors (Lipinski definition) is 2. The number of aromatic nitrogens is 1. The zero-order valence-corrected chi connectivity index (χ0v) is 16.4. The second-order valence-electron chi connectivity index (χ2n) is 6.23. The summed E-state index contributed by atoms with van der Waals surface area (Å²) >= 11 is 6.15. The molecule has 0 atom stereocenters. The van der Waals surface area contributed by atoms with E-state index in [9.17, 15) is 4.79 Å². The molecule has 2 aromatic carbocycles. The molecule has 3 rings (SSSR count). The molecular weight excluding hydrogens is 374 g/mol. The minimum Gasteiger partial charge on any atom is -0.497 e. The topological polar surface area (TPSA) is 63.2 Å². The van der Waals surface area contributed by atoms with Crippen molar-refractivity contribution >= 4 is 23.2 Å². The molecule has 1 aromatic heterocycles. The van der Waals surface area contributed by atoms with Crippen LogP contribution in [0.1, 0.15) is 21.6 Å². The predicted octanol–water partition coefficient (Wildman–Crippen LogP) is 4.33. The average molecular weight is 396 g/mol. The molecule has 0 aliphatic carbocycles.